The van der Waals surface area contributed by atoms with Crippen molar-refractivity contribution < 1.29 is 5.11 Å². The zero-order chi connectivity index (χ0) is 8.53. The standard InChI is InChI=1S/C6H6.C3H9NO/c1-2-4-6-5-3-1;1-3(5)2-4/h1-6H;3,5H,2,4H2,1H3. The Labute approximate surface area is 67.7 Å². The molecule has 0 bridgehead atoms. The molecule has 0 spiro atoms. The molecular formula is C9H15NO. The van der Waals surface area contributed by atoms with E-state index in [1.807, 2.05) is 36.4 Å². The molecule has 2 nitrogen and oxygen atoms in total. The number of hydrogen-bond acceptors (Lipinski definition) is 2. The summed E-state index contributed by atoms with van der Waals surface area (Å²) >= 11 is 0. The Hall–Kier alpha value is -0.860. The summed E-state index contributed by atoms with van der Waals surface area (Å²) < 4.78 is 0. The predicted molar refractivity (Wildman–Crippen MR) is 47.2 cm³/mol. The van der Waals surface area contributed by atoms with E-state index in [4.69, 9.17) is 10.8 Å². The lowest BCUT2D eigenvalue weighted by atomic mass is 10.4. The molecule has 0 radical (unpaired) electrons. The molecule has 1 unspecified atom stereocenters. The predicted octanol–water partition coefficient (Wildman–Crippen LogP) is 1.01. The molecule has 0 aliphatic carbocycles. The molecular weight excluding hydrogens is 138 g/mol. The smallest absolute Gasteiger partial charge is 0.0634 e. The lowest BCUT2D eigenvalue weighted by molar-refractivity contribution is 0.203. The van der Waals surface area contributed by atoms with Gasteiger partial charge >= 0.3 is 0 Å². The molecule has 0 saturated heterocycles. The highest BCUT2D eigenvalue weighted by atomic mass is 16.3. The van der Waals surface area contributed by atoms with Crippen LogP contribution in [0.25, 0.3) is 0 Å². The van der Waals surface area contributed by atoms with E-state index in [-0.39, 0.29) is 6.10 Å². The van der Waals surface area contributed by atoms with Gasteiger partial charge in [-0.25, -0.2) is 0 Å². The van der Waals surface area contributed by atoms with Crippen LogP contribution in [0.1, 0.15) is 6.92 Å². The summed E-state index contributed by atoms with van der Waals surface area (Å²) in [5.41, 5.74) is 4.92. The Morgan fingerprint density at radius 1 is 1.09 bits per heavy atom. The third-order valence-electron chi connectivity index (χ3n) is 1.01. The number of benzene rings is 1. The average molecular weight is 153 g/mol. The summed E-state index contributed by atoms with van der Waals surface area (Å²) in [5, 5.41) is 8.24. The van der Waals surface area contributed by atoms with Crippen molar-refractivity contribution in [2.24, 2.45) is 5.73 Å². The summed E-state index contributed by atoms with van der Waals surface area (Å²) in [6, 6.07) is 12.0. The molecule has 0 amide bonds. The Kier molecular flexibility index (Phi) is 6.68. The van der Waals surface area contributed by atoms with E-state index < -0.39 is 0 Å². The Morgan fingerprint density at radius 2 is 1.27 bits per heavy atom. The van der Waals surface area contributed by atoms with Gasteiger partial charge in [0.15, 0.2) is 0 Å². The molecule has 62 valence electrons. The third-order valence-corrected chi connectivity index (χ3v) is 1.01. The van der Waals surface area contributed by atoms with Gasteiger partial charge in [0.25, 0.3) is 0 Å². The van der Waals surface area contributed by atoms with Gasteiger partial charge < -0.3 is 10.8 Å². The Morgan fingerprint density at radius 3 is 1.36 bits per heavy atom. The van der Waals surface area contributed by atoms with Crippen molar-refractivity contribution in [1.82, 2.24) is 0 Å². The lowest BCUT2D eigenvalue weighted by Crippen LogP contribution is -2.14. The maximum Gasteiger partial charge on any atom is 0.0634 e. The number of rotatable bonds is 1. The fraction of sp³-hybridized carbons (Fsp3) is 0.333. The van der Waals surface area contributed by atoms with E-state index in [1.54, 1.807) is 6.92 Å². The van der Waals surface area contributed by atoms with Crippen LogP contribution in [0.5, 0.6) is 0 Å². The maximum absolute atomic E-state index is 8.24. The minimum atomic E-state index is -0.338. The highest BCUT2D eigenvalue weighted by molar-refractivity contribution is 4.99. The van der Waals surface area contributed by atoms with Crippen molar-refractivity contribution in [2.45, 2.75) is 13.0 Å². The SMILES string of the molecule is CC(O)CN.c1ccccc1. The number of nitrogens with two attached hydrogens (primary N) is 1. The average Bonchev–Trinajstić information content (AvgIpc) is 2.09. The monoisotopic (exact) mass is 153 g/mol. The first-order valence-corrected chi connectivity index (χ1v) is 3.65. The van der Waals surface area contributed by atoms with Crippen molar-refractivity contribution >= 4 is 0 Å². The third kappa shape index (κ3) is 9.14. The van der Waals surface area contributed by atoms with Crippen molar-refractivity contribution in [2.75, 3.05) is 6.54 Å². The summed E-state index contributed by atoms with van der Waals surface area (Å²) in [6.45, 7) is 2.01. The first kappa shape index (κ1) is 10.1. The second kappa shape index (κ2) is 7.25. The van der Waals surface area contributed by atoms with Crippen molar-refractivity contribution in [3.63, 3.8) is 0 Å². The summed E-state index contributed by atoms with van der Waals surface area (Å²) in [7, 11) is 0. The van der Waals surface area contributed by atoms with Crippen LogP contribution in [0.4, 0.5) is 0 Å². The Balaban J connectivity index is 0.000000187. The second-order valence-corrected chi connectivity index (χ2v) is 2.24. The van der Waals surface area contributed by atoms with E-state index in [1.165, 1.54) is 0 Å². The quantitative estimate of drug-likeness (QED) is 0.632. The lowest BCUT2D eigenvalue weighted by Gasteiger charge is -1.91. The van der Waals surface area contributed by atoms with Gasteiger partial charge in [0.2, 0.25) is 0 Å². The van der Waals surface area contributed by atoms with Crippen molar-refractivity contribution in [1.29, 1.82) is 0 Å². The van der Waals surface area contributed by atoms with E-state index >= 15 is 0 Å². The van der Waals surface area contributed by atoms with Crippen LogP contribution in [-0.4, -0.2) is 17.8 Å². The van der Waals surface area contributed by atoms with Crippen LogP contribution in [0.15, 0.2) is 36.4 Å². The van der Waals surface area contributed by atoms with Gasteiger partial charge in [-0.1, -0.05) is 36.4 Å². The molecule has 1 aromatic carbocycles. The first-order valence-electron chi connectivity index (χ1n) is 3.65. The largest absolute Gasteiger partial charge is 0.392 e. The maximum atomic E-state index is 8.24. The highest BCUT2D eigenvalue weighted by Crippen LogP contribution is 1.79. The molecule has 0 aliphatic heterocycles. The van der Waals surface area contributed by atoms with E-state index in [9.17, 15) is 0 Å². The number of hydrogen-bond donors (Lipinski definition) is 2. The molecule has 1 aromatic rings. The minimum absolute atomic E-state index is 0.338. The van der Waals surface area contributed by atoms with E-state index in [0.717, 1.165) is 0 Å². The molecule has 0 fully saturated rings. The highest BCUT2D eigenvalue weighted by Gasteiger charge is 1.81. The normalized spacial score (nSPS) is 11.2. The van der Waals surface area contributed by atoms with Crippen LogP contribution in [0, 0.1) is 0 Å². The molecule has 0 heterocycles. The molecule has 1 atom stereocenters. The molecule has 0 saturated carbocycles. The molecule has 0 aromatic heterocycles. The van der Waals surface area contributed by atoms with Crippen molar-refractivity contribution in [3.05, 3.63) is 36.4 Å². The van der Waals surface area contributed by atoms with Crippen LogP contribution in [0.2, 0.25) is 0 Å². The molecule has 2 heteroatoms. The van der Waals surface area contributed by atoms with Gasteiger partial charge in [0, 0.05) is 6.54 Å². The van der Waals surface area contributed by atoms with Crippen LogP contribution in [-0.2, 0) is 0 Å². The van der Waals surface area contributed by atoms with Gasteiger partial charge in [-0.05, 0) is 6.92 Å². The minimum Gasteiger partial charge on any atom is -0.392 e. The van der Waals surface area contributed by atoms with Gasteiger partial charge in [0.1, 0.15) is 0 Å². The summed E-state index contributed by atoms with van der Waals surface area (Å²) in [5.74, 6) is 0. The van der Waals surface area contributed by atoms with Gasteiger partial charge in [-0.15, -0.1) is 0 Å². The zero-order valence-corrected chi connectivity index (χ0v) is 6.77. The van der Waals surface area contributed by atoms with Crippen LogP contribution >= 0.6 is 0 Å². The van der Waals surface area contributed by atoms with Crippen molar-refractivity contribution in [3.8, 4) is 0 Å². The van der Waals surface area contributed by atoms with Crippen LogP contribution < -0.4 is 5.73 Å². The van der Waals surface area contributed by atoms with E-state index in [0.29, 0.717) is 6.54 Å². The number of aliphatic hydroxyl groups is 1. The van der Waals surface area contributed by atoms with E-state index in [2.05, 4.69) is 0 Å². The first-order chi connectivity index (χ1) is 5.27. The van der Waals surface area contributed by atoms with Gasteiger partial charge in [-0.2, -0.15) is 0 Å². The Bertz CT molecular complexity index is 124. The molecule has 0 aliphatic rings. The molecule has 1 rings (SSSR count). The summed E-state index contributed by atoms with van der Waals surface area (Å²) in [6.07, 6.45) is -0.338. The van der Waals surface area contributed by atoms with Gasteiger partial charge in [0.05, 0.1) is 6.10 Å². The molecule has 3 N–H and O–H groups in total. The fourth-order valence-corrected chi connectivity index (χ4v) is 0.385. The topological polar surface area (TPSA) is 46.2 Å². The summed E-state index contributed by atoms with van der Waals surface area (Å²) in [4.78, 5) is 0. The second-order valence-electron chi connectivity index (χ2n) is 2.24. The van der Waals surface area contributed by atoms with Gasteiger partial charge in [-0.3, -0.25) is 0 Å². The fourth-order valence-electron chi connectivity index (χ4n) is 0.385. The number of aliphatic hydroxyl groups excluding tert-OH is 1. The molecule has 11 heavy (non-hydrogen) atoms. The van der Waals surface area contributed by atoms with Crippen LogP contribution in [0.3, 0.4) is 0 Å². The zero-order valence-electron chi connectivity index (χ0n) is 6.77.